The van der Waals surface area contributed by atoms with E-state index in [4.69, 9.17) is 5.11 Å². The molecule has 2 amide bonds. The zero-order chi connectivity index (χ0) is 15.1. The van der Waals surface area contributed by atoms with Crippen molar-refractivity contribution in [2.75, 3.05) is 13.2 Å². The molecule has 4 nitrogen and oxygen atoms in total. The smallest absolute Gasteiger partial charge is 0.261 e. The summed E-state index contributed by atoms with van der Waals surface area (Å²) in [6, 6.07) is 6.94. The van der Waals surface area contributed by atoms with Gasteiger partial charge in [0.2, 0.25) is 0 Å². The highest BCUT2D eigenvalue weighted by Crippen LogP contribution is 2.22. The SMILES string of the molecule is O=C1c2ccccc2C(=O)N1CCCCC#CCCCO. The minimum absolute atomic E-state index is 0.175. The van der Waals surface area contributed by atoms with Crippen LogP contribution in [0.15, 0.2) is 24.3 Å². The molecule has 2 rings (SSSR count). The minimum atomic E-state index is -0.190. The van der Waals surface area contributed by atoms with E-state index in [-0.39, 0.29) is 18.4 Å². The van der Waals surface area contributed by atoms with Crippen LogP contribution in [-0.2, 0) is 0 Å². The number of aliphatic hydroxyl groups excluding tert-OH is 1. The summed E-state index contributed by atoms with van der Waals surface area (Å²) in [7, 11) is 0. The summed E-state index contributed by atoms with van der Waals surface area (Å²) < 4.78 is 0. The van der Waals surface area contributed by atoms with Crippen molar-refractivity contribution in [1.29, 1.82) is 0 Å². The zero-order valence-electron chi connectivity index (χ0n) is 12.0. The Balaban J connectivity index is 1.76. The lowest BCUT2D eigenvalue weighted by Gasteiger charge is -2.12. The molecule has 0 saturated carbocycles. The first-order valence-electron chi connectivity index (χ1n) is 7.27. The number of unbranched alkanes of at least 4 members (excludes halogenated alkanes) is 3. The summed E-state index contributed by atoms with van der Waals surface area (Å²) in [5.41, 5.74) is 1.01. The third kappa shape index (κ3) is 3.71. The predicted octanol–water partition coefficient (Wildman–Crippen LogP) is 2.23. The number of fused-ring (bicyclic) bond motifs is 1. The monoisotopic (exact) mass is 285 g/mol. The van der Waals surface area contributed by atoms with E-state index >= 15 is 0 Å². The third-order valence-corrected chi connectivity index (χ3v) is 3.40. The molecule has 110 valence electrons. The van der Waals surface area contributed by atoms with E-state index in [1.54, 1.807) is 24.3 Å². The Morgan fingerprint density at radius 2 is 1.48 bits per heavy atom. The van der Waals surface area contributed by atoms with E-state index < -0.39 is 0 Å². The van der Waals surface area contributed by atoms with Crippen LogP contribution in [0.25, 0.3) is 0 Å². The van der Waals surface area contributed by atoms with E-state index in [9.17, 15) is 9.59 Å². The maximum absolute atomic E-state index is 12.1. The van der Waals surface area contributed by atoms with Gasteiger partial charge in [-0.2, -0.15) is 0 Å². The Bertz CT molecular complexity index is 548. The van der Waals surface area contributed by atoms with Crippen LogP contribution < -0.4 is 0 Å². The summed E-state index contributed by atoms with van der Waals surface area (Å²) >= 11 is 0. The van der Waals surface area contributed by atoms with Crippen LogP contribution in [0.3, 0.4) is 0 Å². The molecular formula is C17H19NO3. The van der Waals surface area contributed by atoms with Crippen LogP contribution in [0, 0.1) is 11.8 Å². The summed E-state index contributed by atoms with van der Waals surface area (Å²) in [5.74, 6) is 5.64. The fraction of sp³-hybridized carbons (Fsp3) is 0.412. The maximum atomic E-state index is 12.1. The molecule has 1 aromatic rings. The first-order chi connectivity index (χ1) is 10.3. The molecule has 0 radical (unpaired) electrons. The first-order valence-corrected chi connectivity index (χ1v) is 7.27. The van der Waals surface area contributed by atoms with E-state index in [0.29, 0.717) is 24.1 Å². The molecule has 0 fully saturated rings. The zero-order valence-corrected chi connectivity index (χ0v) is 12.0. The molecule has 0 aliphatic carbocycles. The fourth-order valence-corrected chi connectivity index (χ4v) is 2.27. The standard InChI is InChI=1S/C17H19NO3/c19-13-9-5-3-1-2-4-8-12-18-16(20)14-10-6-7-11-15(14)17(18)21/h6-7,10-11,19H,2,4-5,8-9,12-13H2. The number of imide groups is 1. The first kappa shape index (κ1) is 15.3. The summed E-state index contributed by atoms with van der Waals surface area (Å²) in [4.78, 5) is 25.5. The average Bonchev–Trinajstić information content (AvgIpc) is 2.75. The Hall–Kier alpha value is -2.12. The minimum Gasteiger partial charge on any atom is -0.396 e. The van der Waals surface area contributed by atoms with Gasteiger partial charge < -0.3 is 5.11 Å². The highest BCUT2D eigenvalue weighted by molar-refractivity contribution is 6.21. The maximum Gasteiger partial charge on any atom is 0.261 e. The molecule has 0 aromatic heterocycles. The number of hydrogen-bond donors (Lipinski definition) is 1. The number of carbonyl (C=O) groups excluding carboxylic acids is 2. The van der Waals surface area contributed by atoms with Crippen molar-refractivity contribution in [3.05, 3.63) is 35.4 Å². The lowest BCUT2D eigenvalue weighted by Crippen LogP contribution is -2.30. The largest absolute Gasteiger partial charge is 0.396 e. The number of amides is 2. The molecule has 0 spiro atoms. The highest BCUT2D eigenvalue weighted by atomic mass is 16.3. The van der Waals surface area contributed by atoms with Gasteiger partial charge in [0.25, 0.3) is 11.8 Å². The summed E-state index contributed by atoms with van der Waals surface area (Å²) in [6.45, 7) is 0.624. The molecular weight excluding hydrogens is 266 g/mol. The van der Waals surface area contributed by atoms with Crippen molar-refractivity contribution in [2.24, 2.45) is 0 Å². The molecule has 1 heterocycles. The van der Waals surface area contributed by atoms with Gasteiger partial charge in [-0.15, -0.1) is 11.8 Å². The van der Waals surface area contributed by atoms with Gasteiger partial charge in [-0.05, 0) is 31.4 Å². The Morgan fingerprint density at radius 1 is 0.905 bits per heavy atom. The van der Waals surface area contributed by atoms with Crippen molar-refractivity contribution in [2.45, 2.75) is 32.1 Å². The van der Waals surface area contributed by atoms with Crippen LogP contribution in [-0.4, -0.2) is 35.0 Å². The number of rotatable bonds is 6. The summed E-state index contributed by atoms with van der Waals surface area (Å²) in [6.07, 6.45) is 3.81. The van der Waals surface area contributed by atoms with Gasteiger partial charge in [-0.1, -0.05) is 12.1 Å². The lowest BCUT2D eigenvalue weighted by molar-refractivity contribution is 0.0652. The Labute approximate surface area is 124 Å². The van der Waals surface area contributed by atoms with Crippen LogP contribution in [0.4, 0.5) is 0 Å². The van der Waals surface area contributed by atoms with Crippen molar-refractivity contribution < 1.29 is 14.7 Å². The molecule has 0 bridgehead atoms. The van der Waals surface area contributed by atoms with Crippen LogP contribution >= 0.6 is 0 Å². The Morgan fingerprint density at radius 3 is 2.05 bits per heavy atom. The Kier molecular flexibility index (Phi) is 5.53. The van der Waals surface area contributed by atoms with Gasteiger partial charge in [0, 0.05) is 26.0 Å². The van der Waals surface area contributed by atoms with Crippen molar-refractivity contribution in [3.8, 4) is 11.8 Å². The van der Waals surface area contributed by atoms with Crippen molar-refractivity contribution >= 4 is 11.8 Å². The second-order valence-electron chi connectivity index (χ2n) is 4.95. The van der Waals surface area contributed by atoms with Gasteiger partial charge in [0.1, 0.15) is 0 Å². The molecule has 0 saturated heterocycles. The predicted molar refractivity (Wildman–Crippen MR) is 79.8 cm³/mol. The third-order valence-electron chi connectivity index (χ3n) is 3.40. The molecule has 1 aliphatic heterocycles. The van der Waals surface area contributed by atoms with Gasteiger partial charge in [0.05, 0.1) is 11.1 Å². The molecule has 21 heavy (non-hydrogen) atoms. The number of benzene rings is 1. The molecule has 0 unspecified atom stereocenters. The molecule has 0 atom stereocenters. The van der Waals surface area contributed by atoms with E-state index in [1.807, 2.05) is 0 Å². The second kappa shape index (κ2) is 7.61. The van der Waals surface area contributed by atoms with Gasteiger partial charge in [-0.3, -0.25) is 14.5 Å². The average molecular weight is 285 g/mol. The lowest BCUT2D eigenvalue weighted by atomic mass is 10.1. The van der Waals surface area contributed by atoms with Crippen LogP contribution in [0.2, 0.25) is 0 Å². The number of carbonyl (C=O) groups is 2. The summed E-state index contributed by atoms with van der Waals surface area (Å²) in [5, 5.41) is 8.62. The number of aliphatic hydroxyl groups is 1. The van der Waals surface area contributed by atoms with Crippen LogP contribution in [0.5, 0.6) is 0 Å². The molecule has 1 N–H and O–H groups in total. The molecule has 1 aromatic carbocycles. The van der Waals surface area contributed by atoms with Crippen molar-refractivity contribution in [3.63, 3.8) is 0 Å². The highest BCUT2D eigenvalue weighted by Gasteiger charge is 2.34. The van der Waals surface area contributed by atoms with Gasteiger partial charge >= 0.3 is 0 Å². The van der Waals surface area contributed by atoms with E-state index in [1.165, 1.54) is 4.90 Å². The van der Waals surface area contributed by atoms with E-state index in [2.05, 4.69) is 11.8 Å². The van der Waals surface area contributed by atoms with E-state index in [0.717, 1.165) is 25.7 Å². The topological polar surface area (TPSA) is 57.6 Å². The number of hydrogen-bond acceptors (Lipinski definition) is 3. The normalized spacial score (nSPS) is 13.1. The molecule has 1 aliphatic rings. The fourth-order valence-electron chi connectivity index (χ4n) is 2.27. The quantitative estimate of drug-likeness (QED) is 0.495. The second-order valence-corrected chi connectivity index (χ2v) is 4.95. The van der Waals surface area contributed by atoms with Gasteiger partial charge in [0.15, 0.2) is 0 Å². The van der Waals surface area contributed by atoms with Gasteiger partial charge in [-0.25, -0.2) is 0 Å². The van der Waals surface area contributed by atoms with Crippen LogP contribution in [0.1, 0.15) is 52.8 Å². The molecule has 4 heteroatoms. The van der Waals surface area contributed by atoms with Crippen molar-refractivity contribution in [1.82, 2.24) is 4.90 Å². The number of nitrogens with zero attached hydrogens (tertiary/aromatic N) is 1.